The first-order valence-electron chi connectivity index (χ1n) is 6.52. The van der Waals surface area contributed by atoms with Crippen molar-refractivity contribution in [2.24, 2.45) is 0 Å². The zero-order chi connectivity index (χ0) is 15.1. The minimum absolute atomic E-state index is 0.0587. The number of benzene rings is 1. The van der Waals surface area contributed by atoms with E-state index in [1.807, 2.05) is 33.8 Å². The summed E-state index contributed by atoms with van der Waals surface area (Å²) < 4.78 is 11.9. The van der Waals surface area contributed by atoms with Crippen molar-refractivity contribution in [3.05, 3.63) is 36.4 Å². The van der Waals surface area contributed by atoms with Crippen LogP contribution in [-0.4, -0.2) is 29.4 Å². The predicted octanol–water partition coefficient (Wildman–Crippen LogP) is 2.08. The Balaban J connectivity index is 2.30. The molecule has 1 N–H and O–H groups in total. The molecule has 2 rings (SSSR count). The highest BCUT2D eigenvalue weighted by Gasteiger charge is 2.51. The fourth-order valence-corrected chi connectivity index (χ4v) is 1.98. The Labute approximate surface area is 119 Å². The zero-order valence-electron chi connectivity index (χ0n) is 12.3. The molecule has 0 radical (unpaired) electrons. The third kappa shape index (κ3) is 2.51. The summed E-state index contributed by atoms with van der Waals surface area (Å²) in [7, 11) is -0.499. The van der Waals surface area contributed by atoms with E-state index >= 15 is 0 Å². The largest absolute Gasteiger partial charge is 0.494 e. The Morgan fingerprint density at radius 3 is 2.25 bits per heavy atom. The molecule has 1 fully saturated rings. The number of rotatable bonds is 3. The topological polar surface area (TPSA) is 55.8 Å². The summed E-state index contributed by atoms with van der Waals surface area (Å²) in [5.41, 5.74) is 0.575. The SMILES string of the molecule is C=C(C(=O)O)c1cccc(B2OC(C)(C)C(C)(C)O2)c1. The van der Waals surface area contributed by atoms with Crippen molar-refractivity contribution in [1.82, 2.24) is 0 Å². The molecular formula is C15H19BO4. The maximum absolute atomic E-state index is 11.0. The van der Waals surface area contributed by atoms with Crippen LogP contribution in [0, 0.1) is 0 Å². The minimum Gasteiger partial charge on any atom is -0.478 e. The second kappa shape index (κ2) is 4.75. The highest BCUT2D eigenvalue weighted by atomic mass is 16.7. The molecule has 1 saturated heterocycles. The van der Waals surface area contributed by atoms with Crippen LogP contribution in [0.4, 0.5) is 0 Å². The number of aliphatic carboxylic acids is 1. The van der Waals surface area contributed by atoms with Crippen molar-refractivity contribution < 1.29 is 19.2 Å². The molecule has 1 aliphatic rings. The van der Waals surface area contributed by atoms with Crippen LogP contribution < -0.4 is 5.46 Å². The van der Waals surface area contributed by atoms with Crippen LogP contribution in [-0.2, 0) is 14.1 Å². The number of carboxylic acid groups (broad SMARTS) is 1. The maximum Gasteiger partial charge on any atom is 0.494 e. The van der Waals surface area contributed by atoms with Gasteiger partial charge in [-0.25, -0.2) is 4.79 Å². The molecular weight excluding hydrogens is 255 g/mol. The van der Waals surface area contributed by atoms with Gasteiger partial charge in [0.15, 0.2) is 0 Å². The van der Waals surface area contributed by atoms with Crippen LogP contribution in [0.15, 0.2) is 30.8 Å². The van der Waals surface area contributed by atoms with Crippen molar-refractivity contribution in [3.63, 3.8) is 0 Å². The molecule has 1 heterocycles. The first-order valence-corrected chi connectivity index (χ1v) is 6.52. The average Bonchev–Trinajstić information content (AvgIpc) is 2.57. The van der Waals surface area contributed by atoms with Gasteiger partial charge in [-0.2, -0.15) is 0 Å². The second-order valence-electron chi connectivity index (χ2n) is 6.00. The average molecular weight is 274 g/mol. The van der Waals surface area contributed by atoms with E-state index in [0.717, 1.165) is 5.46 Å². The highest BCUT2D eigenvalue weighted by molar-refractivity contribution is 6.62. The first kappa shape index (κ1) is 14.8. The lowest BCUT2D eigenvalue weighted by molar-refractivity contribution is -0.130. The smallest absolute Gasteiger partial charge is 0.478 e. The monoisotopic (exact) mass is 274 g/mol. The molecule has 4 nitrogen and oxygen atoms in total. The lowest BCUT2D eigenvalue weighted by atomic mass is 9.78. The third-order valence-electron chi connectivity index (χ3n) is 4.02. The van der Waals surface area contributed by atoms with Crippen molar-refractivity contribution in [1.29, 1.82) is 0 Å². The lowest BCUT2D eigenvalue weighted by Gasteiger charge is -2.32. The molecule has 20 heavy (non-hydrogen) atoms. The number of carboxylic acids is 1. The standard InChI is InChI=1S/C15H19BO4/c1-10(13(17)18)11-7-6-8-12(9-11)16-19-14(2,3)15(4,5)20-16/h6-9H,1H2,2-5H3,(H,17,18). The number of hydrogen-bond acceptors (Lipinski definition) is 3. The molecule has 0 amide bonds. The molecule has 0 aliphatic carbocycles. The van der Waals surface area contributed by atoms with Gasteiger partial charge >= 0.3 is 13.1 Å². The second-order valence-corrected chi connectivity index (χ2v) is 6.00. The number of carbonyl (C=O) groups is 1. The molecule has 0 spiro atoms. The quantitative estimate of drug-likeness (QED) is 0.677. The molecule has 106 valence electrons. The Morgan fingerprint density at radius 2 is 1.75 bits per heavy atom. The summed E-state index contributed by atoms with van der Waals surface area (Å²) in [5.74, 6) is -1.03. The molecule has 0 aromatic heterocycles. The summed E-state index contributed by atoms with van der Waals surface area (Å²) in [4.78, 5) is 11.0. The summed E-state index contributed by atoms with van der Waals surface area (Å²) in [6.07, 6.45) is 0. The van der Waals surface area contributed by atoms with Gasteiger partial charge in [0.25, 0.3) is 0 Å². The summed E-state index contributed by atoms with van der Waals surface area (Å²) in [6.45, 7) is 11.5. The molecule has 1 aromatic rings. The van der Waals surface area contributed by atoms with E-state index in [-0.39, 0.29) is 5.57 Å². The van der Waals surface area contributed by atoms with Crippen LogP contribution in [0.25, 0.3) is 5.57 Å². The maximum atomic E-state index is 11.0. The van der Waals surface area contributed by atoms with E-state index in [9.17, 15) is 4.79 Å². The fraction of sp³-hybridized carbons (Fsp3) is 0.400. The molecule has 1 aromatic carbocycles. The van der Waals surface area contributed by atoms with E-state index in [1.54, 1.807) is 18.2 Å². The van der Waals surface area contributed by atoms with Crippen LogP contribution in [0.2, 0.25) is 0 Å². The number of hydrogen-bond donors (Lipinski definition) is 1. The molecule has 1 aliphatic heterocycles. The van der Waals surface area contributed by atoms with E-state index in [0.29, 0.717) is 5.56 Å². The lowest BCUT2D eigenvalue weighted by Crippen LogP contribution is -2.41. The minimum atomic E-state index is -1.03. The highest BCUT2D eigenvalue weighted by Crippen LogP contribution is 2.36. The van der Waals surface area contributed by atoms with E-state index in [1.165, 1.54) is 0 Å². The van der Waals surface area contributed by atoms with Gasteiger partial charge in [-0.1, -0.05) is 30.8 Å². The van der Waals surface area contributed by atoms with Crippen LogP contribution >= 0.6 is 0 Å². The molecule has 0 bridgehead atoms. The molecule has 5 heteroatoms. The Hall–Kier alpha value is -1.59. The molecule has 0 atom stereocenters. The van der Waals surface area contributed by atoms with Crippen LogP contribution in [0.3, 0.4) is 0 Å². The van der Waals surface area contributed by atoms with Gasteiger partial charge in [0.2, 0.25) is 0 Å². The van der Waals surface area contributed by atoms with Gasteiger partial charge in [-0.3, -0.25) is 0 Å². The Bertz CT molecular complexity index is 547. The van der Waals surface area contributed by atoms with Crippen molar-refractivity contribution in [2.45, 2.75) is 38.9 Å². The van der Waals surface area contributed by atoms with E-state index in [2.05, 4.69) is 6.58 Å². The predicted molar refractivity (Wildman–Crippen MR) is 78.8 cm³/mol. The van der Waals surface area contributed by atoms with Crippen molar-refractivity contribution >= 4 is 24.1 Å². The van der Waals surface area contributed by atoms with Crippen molar-refractivity contribution in [3.8, 4) is 0 Å². The Morgan fingerprint density at radius 1 is 1.20 bits per heavy atom. The molecule has 0 saturated carbocycles. The Kier molecular flexibility index (Phi) is 3.52. The normalized spacial score (nSPS) is 19.9. The van der Waals surface area contributed by atoms with E-state index in [4.69, 9.17) is 14.4 Å². The summed E-state index contributed by atoms with van der Waals surface area (Å²) in [5, 5.41) is 9.00. The van der Waals surface area contributed by atoms with Gasteiger partial charge < -0.3 is 14.4 Å². The first-order chi connectivity index (χ1) is 9.14. The van der Waals surface area contributed by atoms with E-state index < -0.39 is 24.3 Å². The van der Waals surface area contributed by atoms with Gasteiger partial charge in [0, 0.05) is 0 Å². The summed E-state index contributed by atoms with van der Waals surface area (Å²) >= 11 is 0. The van der Waals surface area contributed by atoms with Gasteiger partial charge in [0.05, 0.1) is 16.8 Å². The van der Waals surface area contributed by atoms with Gasteiger partial charge in [-0.05, 0) is 38.7 Å². The van der Waals surface area contributed by atoms with Crippen molar-refractivity contribution in [2.75, 3.05) is 0 Å². The zero-order valence-corrected chi connectivity index (χ0v) is 12.3. The van der Waals surface area contributed by atoms with Gasteiger partial charge in [-0.15, -0.1) is 0 Å². The van der Waals surface area contributed by atoms with Crippen LogP contribution in [0.1, 0.15) is 33.3 Å². The summed E-state index contributed by atoms with van der Waals surface area (Å²) in [6, 6.07) is 7.11. The molecule has 0 unspecified atom stereocenters. The fourth-order valence-electron chi connectivity index (χ4n) is 1.98. The van der Waals surface area contributed by atoms with Crippen LogP contribution in [0.5, 0.6) is 0 Å². The third-order valence-corrected chi connectivity index (χ3v) is 4.02. The van der Waals surface area contributed by atoms with Gasteiger partial charge in [0.1, 0.15) is 0 Å².